The third kappa shape index (κ3) is 10.2. The Hall–Kier alpha value is -0.110. The Morgan fingerprint density at radius 3 is 2.13 bits per heavy atom. The van der Waals surface area contributed by atoms with Gasteiger partial charge in [-0.05, 0) is 32.3 Å². The van der Waals surface area contributed by atoms with Gasteiger partial charge in [0.05, 0.1) is 5.37 Å². The van der Waals surface area contributed by atoms with Gasteiger partial charge < -0.3 is 11.5 Å². The summed E-state index contributed by atoms with van der Waals surface area (Å²) in [6.45, 7) is 0. The van der Waals surface area contributed by atoms with Crippen LogP contribution < -0.4 is 11.5 Å². The fourth-order valence-corrected chi connectivity index (χ4v) is 2.22. The van der Waals surface area contributed by atoms with Crippen LogP contribution in [0.2, 0.25) is 0 Å². The van der Waals surface area contributed by atoms with Crippen LogP contribution in [-0.4, -0.2) is 40.6 Å². The quantitative estimate of drug-likeness (QED) is 0.737. The van der Waals surface area contributed by atoms with Crippen molar-refractivity contribution in [1.29, 1.82) is 0 Å². The maximum absolute atomic E-state index is 10.7. The first-order chi connectivity index (χ1) is 6.43. The molecule has 0 aliphatic heterocycles. The molecule has 15 heavy (non-hydrogen) atoms. The molecule has 0 aromatic heterocycles. The summed E-state index contributed by atoms with van der Waals surface area (Å²) < 4.78 is 0. The molecule has 0 rings (SSSR count). The van der Waals surface area contributed by atoms with Crippen molar-refractivity contribution in [3.05, 3.63) is 0 Å². The number of amides is 2. The second-order valence-electron chi connectivity index (χ2n) is 2.81. The monoisotopic (exact) mass is 273 g/mol. The molecule has 0 radical (unpaired) electrons. The zero-order chi connectivity index (χ0) is 11.1. The van der Waals surface area contributed by atoms with Crippen LogP contribution in [0.3, 0.4) is 0 Å². The molecule has 4 N–H and O–H groups in total. The Morgan fingerprint density at radius 2 is 1.80 bits per heavy atom. The Kier molecular flexibility index (Phi) is 10.5. The highest BCUT2D eigenvalue weighted by atomic mass is 35.5. The molecular formula is C7H16ClN3O2S2. The molecule has 2 amide bonds. The molecule has 0 spiro atoms. The van der Waals surface area contributed by atoms with Crippen molar-refractivity contribution in [2.24, 2.45) is 11.5 Å². The Labute approximate surface area is 104 Å². The average Bonchev–Trinajstić information content (AvgIpc) is 2.00. The normalized spacial score (nSPS) is 11.9. The minimum Gasteiger partial charge on any atom is -0.361 e. The van der Waals surface area contributed by atoms with Crippen LogP contribution in [-0.2, 0) is 0 Å². The lowest BCUT2D eigenvalue weighted by atomic mass is 10.4. The maximum atomic E-state index is 10.7. The van der Waals surface area contributed by atoms with Crippen LogP contribution in [0.25, 0.3) is 0 Å². The molecule has 0 aromatic rings. The molecule has 90 valence electrons. The van der Waals surface area contributed by atoms with Crippen LogP contribution >= 0.6 is 35.9 Å². The average molecular weight is 274 g/mol. The number of nitrogens with two attached hydrogens (primary N) is 2. The third-order valence-corrected chi connectivity index (χ3v) is 3.32. The predicted octanol–water partition coefficient (Wildman–Crippen LogP) is 1.31. The summed E-state index contributed by atoms with van der Waals surface area (Å²) in [6.07, 6.45) is 0.689. The minimum absolute atomic E-state index is 0. The molecule has 0 bridgehead atoms. The van der Waals surface area contributed by atoms with Crippen LogP contribution in [0.15, 0.2) is 0 Å². The van der Waals surface area contributed by atoms with E-state index in [1.54, 1.807) is 0 Å². The predicted molar refractivity (Wildman–Crippen MR) is 68.6 cm³/mol. The van der Waals surface area contributed by atoms with E-state index in [1.165, 1.54) is 0 Å². The van der Waals surface area contributed by atoms with Gasteiger partial charge in [-0.25, -0.2) is 0 Å². The summed E-state index contributed by atoms with van der Waals surface area (Å²) in [5.41, 5.74) is 10.0. The first-order valence-electron chi connectivity index (χ1n) is 3.98. The Morgan fingerprint density at radius 1 is 1.27 bits per heavy atom. The van der Waals surface area contributed by atoms with Gasteiger partial charge in [0.25, 0.3) is 10.5 Å². The summed E-state index contributed by atoms with van der Waals surface area (Å²) in [4.78, 5) is 23.0. The molecule has 0 aliphatic carbocycles. The number of primary amides is 2. The highest BCUT2D eigenvalue weighted by molar-refractivity contribution is 8.14. The number of hydrogen-bond donors (Lipinski definition) is 2. The SMILES string of the molecule is CN(C)[C@H](CCSC(N)=O)SC(N)=O.Cl. The van der Waals surface area contributed by atoms with Gasteiger partial charge in [-0.1, -0.05) is 11.8 Å². The fraction of sp³-hybridized carbons (Fsp3) is 0.714. The number of carbonyl (C=O) groups is 2. The number of nitrogens with zero attached hydrogens (tertiary/aromatic N) is 1. The van der Waals surface area contributed by atoms with Gasteiger partial charge >= 0.3 is 0 Å². The molecule has 0 saturated carbocycles. The van der Waals surface area contributed by atoms with Gasteiger partial charge in [-0.2, -0.15) is 0 Å². The van der Waals surface area contributed by atoms with E-state index in [-0.39, 0.29) is 17.8 Å². The van der Waals surface area contributed by atoms with Crippen molar-refractivity contribution in [1.82, 2.24) is 4.90 Å². The van der Waals surface area contributed by atoms with Crippen LogP contribution in [0.5, 0.6) is 0 Å². The zero-order valence-corrected chi connectivity index (χ0v) is 11.1. The van der Waals surface area contributed by atoms with Gasteiger partial charge in [0.2, 0.25) is 0 Å². The second kappa shape index (κ2) is 9.14. The minimum atomic E-state index is -0.409. The molecule has 0 saturated heterocycles. The van der Waals surface area contributed by atoms with Crippen molar-refractivity contribution in [2.45, 2.75) is 11.8 Å². The molecule has 0 fully saturated rings. The largest absolute Gasteiger partial charge is 0.361 e. The van der Waals surface area contributed by atoms with Gasteiger partial charge in [0.1, 0.15) is 0 Å². The highest BCUT2D eigenvalue weighted by Gasteiger charge is 2.15. The lowest BCUT2D eigenvalue weighted by Crippen LogP contribution is -2.28. The van der Waals surface area contributed by atoms with Gasteiger partial charge in [0.15, 0.2) is 0 Å². The maximum Gasteiger partial charge on any atom is 0.278 e. The van der Waals surface area contributed by atoms with E-state index in [0.29, 0.717) is 12.2 Å². The first-order valence-corrected chi connectivity index (χ1v) is 5.84. The standard InChI is InChI=1S/C7H15N3O2S2.ClH/c1-10(2)5(14-7(9)12)3-4-13-6(8)11;/h5H,3-4H2,1-2H3,(H2,8,11)(H2,9,12);1H/t5-;/m0./s1. The van der Waals surface area contributed by atoms with E-state index in [0.717, 1.165) is 23.5 Å². The summed E-state index contributed by atoms with van der Waals surface area (Å²) in [6, 6.07) is 0. The van der Waals surface area contributed by atoms with E-state index >= 15 is 0 Å². The first kappa shape index (κ1) is 17.3. The summed E-state index contributed by atoms with van der Waals surface area (Å²) in [5, 5.41) is -0.807. The molecule has 0 heterocycles. The lowest BCUT2D eigenvalue weighted by Gasteiger charge is -2.21. The molecule has 0 aromatic carbocycles. The summed E-state index contributed by atoms with van der Waals surface area (Å²) >= 11 is 2.11. The summed E-state index contributed by atoms with van der Waals surface area (Å²) in [7, 11) is 3.71. The molecule has 0 aliphatic rings. The highest BCUT2D eigenvalue weighted by Crippen LogP contribution is 2.18. The van der Waals surface area contributed by atoms with Gasteiger partial charge in [-0.3, -0.25) is 14.5 Å². The fourth-order valence-electron chi connectivity index (χ4n) is 0.817. The number of rotatable bonds is 5. The summed E-state index contributed by atoms with van der Waals surface area (Å²) in [5.74, 6) is 0.596. The Balaban J connectivity index is 0. The van der Waals surface area contributed by atoms with Crippen LogP contribution in [0.4, 0.5) is 9.59 Å². The van der Waals surface area contributed by atoms with Crippen molar-refractivity contribution in [2.75, 3.05) is 19.8 Å². The molecule has 5 nitrogen and oxygen atoms in total. The van der Waals surface area contributed by atoms with E-state index in [1.807, 2.05) is 19.0 Å². The number of carbonyl (C=O) groups excluding carboxylic acids is 2. The van der Waals surface area contributed by atoms with E-state index < -0.39 is 10.5 Å². The smallest absolute Gasteiger partial charge is 0.278 e. The molecular weight excluding hydrogens is 258 g/mol. The molecule has 0 unspecified atom stereocenters. The van der Waals surface area contributed by atoms with Crippen molar-refractivity contribution in [3.8, 4) is 0 Å². The second-order valence-corrected chi connectivity index (χ2v) is 5.09. The zero-order valence-electron chi connectivity index (χ0n) is 8.63. The van der Waals surface area contributed by atoms with Crippen LogP contribution in [0, 0.1) is 0 Å². The molecule has 8 heteroatoms. The number of hydrogen-bond acceptors (Lipinski definition) is 5. The van der Waals surface area contributed by atoms with Gasteiger partial charge in [-0.15, -0.1) is 12.4 Å². The lowest BCUT2D eigenvalue weighted by molar-refractivity contribution is 0.266. The third-order valence-electron chi connectivity index (χ3n) is 1.44. The topological polar surface area (TPSA) is 89.4 Å². The van der Waals surface area contributed by atoms with E-state index in [9.17, 15) is 9.59 Å². The molecule has 1 atom stereocenters. The number of halogens is 1. The van der Waals surface area contributed by atoms with Crippen LogP contribution in [0.1, 0.15) is 6.42 Å². The van der Waals surface area contributed by atoms with Crippen molar-refractivity contribution in [3.63, 3.8) is 0 Å². The van der Waals surface area contributed by atoms with E-state index in [4.69, 9.17) is 11.5 Å². The van der Waals surface area contributed by atoms with Gasteiger partial charge in [0, 0.05) is 5.75 Å². The van der Waals surface area contributed by atoms with E-state index in [2.05, 4.69) is 0 Å². The van der Waals surface area contributed by atoms with Crippen molar-refractivity contribution >= 4 is 46.4 Å². The number of thioether (sulfide) groups is 2. The van der Waals surface area contributed by atoms with Crippen molar-refractivity contribution < 1.29 is 9.59 Å². The Bertz CT molecular complexity index is 216.